The van der Waals surface area contributed by atoms with E-state index >= 15 is 0 Å². The first-order chi connectivity index (χ1) is 9.20. The second kappa shape index (κ2) is 4.31. The van der Waals surface area contributed by atoms with Crippen molar-refractivity contribution in [2.75, 3.05) is 11.5 Å². The predicted octanol–water partition coefficient (Wildman–Crippen LogP) is 3.22. The highest BCUT2D eigenvalue weighted by molar-refractivity contribution is 6.04. The molecule has 2 aromatic heterocycles. The average molecular weight is 253 g/mol. The second-order valence-electron chi connectivity index (χ2n) is 4.49. The molecule has 0 aliphatic heterocycles. The molecule has 0 aliphatic rings. The van der Waals surface area contributed by atoms with Crippen LogP contribution in [-0.4, -0.2) is 4.98 Å². The third-order valence-corrected chi connectivity index (χ3v) is 3.31. The Morgan fingerprint density at radius 2 is 2.05 bits per heavy atom. The minimum atomic E-state index is 0.246. The number of anilines is 2. The first-order valence-electron chi connectivity index (χ1n) is 6.21. The number of nitrogens with two attached hydrogens (primary N) is 2. The first-order valence-corrected chi connectivity index (χ1v) is 6.21. The van der Waals surface area contributed by atoms with Crippen molar-refractivity contribution in [3.63, 3.8) is 0 Å². The van der Waals surface area contributed by atoms with Gasteiger partial charge in [-0.3, -0.25) is 4.98 Å². The topological polar surface area (TPSA) is 78.1 Å². The smallest absolute Gasteiger partial charge is 0.214 e. The summed E-state index contributed by atoms with van der Waals surface area (Å²) in [5.74, 6) is 0.246. The van der Waals surface area contributed by atoms with Crippen LogP contribution in [0.4, 0.5) is 11.6 Å². The van der Waals surface area contributed by atoms with Crippen LogP contribution in [0, 0.1) is 0 Å². The van der Waals surface area contributed by atoms with E-state index in [-0.39, 0.29) is 5.88 Å². The van der Waals surface area contributed by atoms with Gasteiger partial charge in [0.05, 0.1) is 11.6 Å². The third kappa shape index (κ3) is 1.81. The molecule has 4 N–H and O–H groups in total. The van der Waals surface area contributed by atoms with E-state index in [0.717, 1.165) is 22.9 Å². The first kappa shape index (κ1) is 11.6. The SMILES string of the molecule is CCc1cccc(-c2cncc3oc(N)c(N)c23)c1. The highest BCUT2D eigenvalue weighted by Crippen LogP contribution is 2.37. The molecule has 2 heterocycles. The van der Waals surface area contributed by atoms with Crippen LogP contribution in [0.2, 0.25) is 0 Å². The molecule has 4 nitrogen and oxygen atoms in total. The van der Waals surface area contributed by atoms with Crippen molar-refractivity contribution in [2.24, 2.45) is 0 Å². The van der Waals surface area contributed by atoms with Gasteiger partial charge in [0.2, 0.25) is 5.88 Å². The van der Waals surface area contributed by atoms with Crippen LogP contribution in [0.15, 0.2) is 41.1 Å². The molecule has 0 spiro atoms. The number of hydrogen-bond donors (Lipinski definition) is 2. The molecular formula is C15H15N3O. The van der Waals surface area contributed by atoms with Gasteiger partial charge < -0.3 is 15.9 Å². The van der Waals surface area contributed by atoms with E-state index in [9.17, 15) is 0 Å². The molecule has 0 saturated carbocycles. The van der Waals surface area contributed by atoms with E-state index in [1.807, 2.05) is 12.1 Å². The standard InChI is InChI=1S/C15H15N3O/c1-2-9-4-3-5-10(6-9)11-7-18-8-12-13(11)14(16)15(17)19-12/h3-8H,2,16-17H2,1H3. The fourth-order valence-electron chi connectivity index (χ4n) is 2.27. The molecule has 1 aromatic carbocycles. The van der Waals surface area contributed by atoms with Crippen molar-refractivity contribution in [1.82, 2.24) is 4.98 Å². The summed E-state index contributed by atoms with van der Waals surface area (Å²) in [5, 5.41) is 0.834. The maximum Gasteiger partial charge on any atom is 0.214 e. The van der Waals surface area contributed by atoms with Gasteiger partial charge in [-0.05, 0) is 17.5 Å². The molecule has 0 fully saturated rings. The summed E-state index contributed by atoms with van der Waals surface area (Å²) in [6.07, 6.45) is 4.41. The average Bonchev–Trinajstić information content (AvgIpc) is 2.74. The van der Waals surface area contributed by atoms with E-state index in [4.69, 9.17) is 15.9 Å². The molecular weight excluding hydrogens is 238 g/mol. The van der Waals surface area contributed by atoms with Crippen LogP contribution < -0.4 is 11.5 Å². The molecule has 0 atom stereocenters. The minimum absolute atomic E-state index is 0.246. The van der Waals surface area contributed by atoms with Crippen molar-refractivity contribution in [3.8, 4) is 11.1 Å². The molecule has 0 saturated heterocycles. The third-order valence-electron chi connectivity index (χ3n) is 3.31. The van der Waals surface area contributed by atoms with E-state index < -0.39 is 0 Å². The predicted molar refractivity (Wildman–Crippen MR) is 77.6 cm³/mol. The van der Waals surface area contributed by atoms with Gasteiger partial charge in [0.25, 0.3) is 0 Å². The van der Waals surface area contributed by atoms with Crippen molar-refractivity contribution in [3.05, 3.63) is 42.2 Å². The second-order valence-corrected chi connectivity index (χ2v) is 4.49. The van der Waals surface area contributed by atoms with E-state index in [1.165, 1.54) is 5.56 Å². The Bertz CT molecular complexity index is 746. The fraction of sp³-hybridized carbons (Fsp3) is 0.133. The number of benzene rings is 1. The summed E-state index contributed by atoms with van der Waals surface area (Å²) in [7, 11) is 0. The van der Waals surface area contributed by atoms with Crippen molar-refractivity contribution in [2.45, 2.75) is 13.3 Å². The van der Waals surface area contributed by atoms with Gasteiger partial charge in [-0.25, -0.2) is 0 Å². The van der Waals surface area contributed by atoms with E-state index in [2.05, 4.69) is 24.0 Å². The Kier molecular flexibility index (Phi) is 2.63. The maximum absolute atomic E-state index is 6.00. The number of aromatic nitrogens is 1. The number of hydrogen-bond acceptors (Lipinski definition) is 4. The van der Waals surface area contributed by atoms with E-state index in [1.54, 1.807) is 12.4 Å². The summed E-state index contributed by atoms with van der Waals surface area (Å²) in [6, 6.07) is 8.31. The van der Waals surface area contributed by atoms with E-state index in [0.29, 0.717) is 11.3 Å². The molecule has 96 valence electrons. The zero-order chi connectivity index (χ0) is 13.4. The van der Waals surface area contributed by atoms with Gasteiger partial charge >= 0.3 is 0 Å². The number of aryl methyl sites for hydroxylation is 1. The van der Waals surface area contributed by atoms with Crippen molar-refractivity contribution in [1.29, 1.82) is 0 Å². The van der Waals surface area contributed by atoms with Crippen LogP contribution in [0.3, 0.4) is 0 Å². The molecule has 19 heavy (non-hydrogen) atoms. The molecule has 0 bridgehead atoms. The largest absolute Gasteiger partial charge is 0.437 e. The van der Waals surface area contributed by atoms with Crippen LogP contribution in [0.5, 0.6) is 0 Å². The lowest BCUT2D eigenvalue weighted by atomic mass is 10.0. The lowest BCUT2D eigenvalue weighted by Crippen LogP contribution is -1.91. The zero-order valence-electron chi connectivity index (χ0n) is 10.7. The number of fused-ring (bicyclic) bond motifs is 1. The number of nitrogens with zero attached hydrogens (tertiary/aromatic N) is 1. The molecule has 3 rings (SSSR count). The van der Waals surface area contributed by atoms with Gasteiger partial charge in [0.15, 0.2) is 5.58 Å². The summed E-state index contributed by atoms with van der Waals surface area (Å²) in [6.45, 7) is 2.13. The van der Waals surface area contributed by atoms with Gasteiger partial charge in [-0.2, -0.15) is 0 Å². The highest BCUT2D eigenvalue weighted by Gasteiger charge is 2.14. The molecule has 0 unspecified atom stereocenters. The normalized spacial score (nSPS) is 11.0. The Morgan fingerprint density at radius 3 is 2.84 bits per heavy atom. The molecule has 0 radical (unpaired) electrons. The molecule has 3 aromatic rings. The maximum atomic E-state index is 6.00. The quantitative estimate of drug-likeness (QED) is 0.735. The van der Waals surface area contributed by atoms with Crippen LogP contribution >= 0.6 is 0 Å². The zero-order valence-corrected chi connectivity index (χ0v) is 10.7. The Labute approximate surface area is 111 Å². The van der Waals surface area contributed by atoms with Crippen LogP contribution in [0.25, 0.3) is 22.1 Å². The van der Waals surface area contributed by atoms with Crippen LogP contribution in [-0.2, 0) is 6.42 Å². The molecule has 0 amide bonds. The van der Waals surface area contributed by atoms with Gasteiger partial charge in [0.1, 0.15) is 5.69 Å². The Morgan fingerprint density at radius 1 is 1.21 bits per heavy atom. The summed E-state index contributed by atoms with van der Waals surface area (Å²) in [5.41, 5.74) is 16.1. The lowest BCUT2D eigenvalue weighted by molar-refractivity contribution is 0.637. The summed E-state index contributed by atoms with van der Waals surface area (Å²) in [4.78, 5) is 4.19. The van der Waals surface area contributed by atoms with Gasteiger partial charge in [0, 0.05) is 11.8 Å². The van der Waals surface area contributed by atoms with Crippen molar-refractivity contribution < 1.29 is 4.42 Å². The number of pyridine rings is 1. The highest BCUT2D eigenvalue weighted by atomic mass is 16.3. The number of nitrogen functional groups attached to an aromatic ring is 2. The lowest BCUT2D eigenvalue weighted by Gasteiger charge is -2.05. The Hall–Kier alpha value is -2.49. The fourth-order valence-corrected chi connectivity index (χ4v) is 2.27. The van der Waals surface area contributed by atoms with Gasteiger partial charge in [-0.15, -0.1) is 0 Å². The molecule has 0 aliphatic carbocycles. The summed E-state index contributed by atoms with van der Waals surface area (Å²) < 4.78 is 5.41. The van der Waals surface area contributed by atoms with Gasteiger partial charge in [-0.1, -0.05) is 31.2 Å². The number of rotatable bonds is 2. The van der Waals surface area contributed by atoms with Crippen molar-refractivity contribution >= 4 is 22.5 Å². The summed E-state index contributed by atoms with van der Waals surface area (Å²) >= 11 is 0. The monoisotopic (exact) mass is 253 g/mol. The number of furan rings is 1. The Balaban J connectivity index is 2.29. The molecule has 4 heteroatoms. The van der Waals surface area contributed by atoms with Crippen LogP contribution in [0.1, 0.15) is 12.5 Å². The minimum Gasteiger partial charge on any atom is -0.437 e.